The second-order valence-electron chi connectivity index (χ2n) is 4.15. The van der Waals surface area contributed by atoms with Gasteiger partial charge in [0.05, 0.1) is 7.11 Å². The normalized spacial score (nSPS) is 11.9. The van der Waals surface area contributed by atoms with E-state index in [4.69, 9.17) is 4.74 Å². The summed E-state index contributed by atoms with van der Waals surface area (Å²) in [5, 5.41) is 3.32. The van der Waals surface area contributed by atoms with Crippen molar-refractivity contribution in [2.75, 3.05) is 12.4 Å². The first-order valence-corrected chi connectivity index (χ1v) is 5.85. The lowest BCUT2D eigenvalue weighted by molar-refractivity contribution is 0.414. The molecule has 1 unspecified atom stereocenters. The first-order chi connectivity index (χ1) is 8.69. The van der Waals surface area contributed by atoms with Crippen molar-refractivity contribution in [1.29, 1.82) is 0 Å². The molecule has 2 aromatic carbocycles. The molecule has 0 spiro atoms. The summed E-state index contributed by atoms with van der Waals surface area (Å²) in [6.45, 7) is 2.06. The molecule has 0 fully saturated rings. The number of methoxy groups -OCH3 is 1. The fraction of sp³-hybridized carbons (Fsp3) is 0.200. The lowest BCUT2D eigenvalue weighted by atomic mass is 10.1. The van der Waals surface area contributed by atoms with Crippen LogP contribution in [0, 0.1) is 5.82 Å². The molecule has 18 heavy (non-hydrogen) atoms. The molecule has 94 valence electrons. The molecule has 0 saturated carbocycles. The third-order valence-electron chi connectivity index (χ3n) is 2.84. The Balaban J connectivity index is 2.06. The van der Waals surface area contributed by atoms with Gasteiger partial charge < -0.3 is 10.1 Å². The standard InChI is InChI=1S/C15H16FNO/c1-11(12-3-9-15(18-2)10-4-12)17-14-7-5-13(16)6-8-14/h3-11,17H,1-2H3. The maximum atomic E-state index is 12.8. The Morgan fingerprint density at radius 1 is 1.00 bits per heavy atom. The zero-order chi connectivity index (χ0) is 13.0. The minimum absolute atomic E-state index is 0.154. The molecule has 1 atom stereocenters. The Hall–Kier alpha value is -2.03. The average Bonchev–Trinajstić information content (AvgIpc) is 2.41. The van der Waals surface area contributed by atoms with Crippen LogP contribution in [0.25, 0.3) is 0 Å². The largest absolute Gasteiger partial charge is 0.497 e. The molecule has 2 aromatic rings. The number of nitrogens with one attached hydrogen (secondary N) is 1. The van der Waals surface area contributed by atoms with Crippen LogP contribution >= 0.6 is 0 Å². The number of hydrogen-bond donors (Lipinski definition) is 1. The molecule has 1 N–H and O–H groups in total. The monoisotopic (exact) mass is 245 g/mol. The fourth-order valence-electron chi connectivity index (χ4n) is 1.77. The number of anilines is 1. The van der Waals surface area contributed by atoms with Crippen LogP contribution in [0.1, 0.15) is 18.5 Å². The van der Waals surface area contributed by atoms with Gasteiger partial charge in [-0.2, -0.15) is 0 Å². The first-order valence-electron chi connectivity index (χ1n) is 5.85. The second kappa shape index (κ2) is 5.54. The topological polar surface area (TPSA) is 21.3 Å². The molecule has 0 aromatic heterocycles. The predicted octanol–water partition coefficient (Wildman–Crippen LogP) is 4.01. The van der Waals surface area contributed by atoms with Crippen molar-refractivity contribution in [2.45, 2.75) is 13.0 Å². The van der Waals surface area contributed by atoms with Crippen molar-refractivity contribution in [2.24, 2.45) is 0 Å². The van der Waals surface area contributed by atoms with Crippen molar-refractivity contribution in [3.63, 3.8) is 0 Å². The van der Waals surface area contributed by atoms with Gasteiger partial charge in [-0.15, -0.1) is 0 Å². The third-order valence-corrected chi connectivity index (χ3v) is 2.84. The third kappa shape index (κ3) is 3.00. The van der Waals surface area contributed by atoms with Crippen LogP contribution < -0.4 is 10.1 Å². The zero-order valence-corrected chi connectivity index (χ0v) is 10.5. The molecule has 0 heterocycles. The van der Waals surface area contributed by atoms with Gasteiger partial charge in [-0.05, 0) is 48.9 Å². The Morgan fingerprint density at radius 2 is 1.61 bits per heavy atom. The minimum Gasteiger partial charge on any atom is -0.497 e. The Morgan fingerprint density at radius 3 is 2.17 bits per heavy atom. The molecule has 0 aliphatic carbocycles. The number of ether oxygens (including phenoxy) is 1. The van der Waals surface area contributed by atoms with E-state index in [2.05, 4.69) is 12.2 Å². The molecule has 0 aliphatic rings. The van der Waals surface area contributed by atoms with Crippen LogP contribution in [0.4, 0.5) is 10.1 Å². The minimum atomic E-state index is -0.224. The van der Waals surface area contributed by atoms with Crippen LogP contribution in [-0.2, 0) is 0 Å². The number of benzene rings is 2. The molecule has 3 heteroatoms. The van der Waals surface area contributed by atoms with Crippen LogP contribution in [0.5, 0.6) is 5.75 Å². The Kier molecular flexibility index (Phi) is 3.82. The van der Waals surface area contributed by atoms with Crippen molar-refractivity contribution in [3.05, 3.63) is 59.9 Å². The van der Waals surface area contributed by atoms with Gasteiger partial charge in [-0.1, -0.05) is 12.1 Å². The second-order valence-corrected chi connectivity index (χ2v) is 4.15. The van der Waals surface area contributed by atoms with E-state index < -0.39 is 0 Å². The van der Waals surface area contributed by atoms with Gasteiger partial charge in [0.25, 0.3) is 0 Å². The molecule has 0 bridgehead atoms. The highest BCUT2D eigenvalue weighted by atomic mass is 19.1. The van der Waals surface area contributed by atoms with Gasteiger partial charge in [0, 0.05) is 11.7 Å². The van der Waals surface area contributed by atoms with Crippen LogP contribution in [0.15, 0.2) is 48.5 Å². The van der Waals surface area contributed by atoms with E-state index in [0.29, 0.717) is 0 Å². The van der Waals surface area contributed by atoms with E-state index >= 15 is 0 Å². The summed E-state index contributed by atoms with van der Waals surface area (Å²) in [7, 11) is 1.65. The van der Waals surface area contributed by atoms with Crippen molar-refractivity contribution in [3.8, 4) is 5.75 Å². The van der Waals surface area contributed by atoms with E-state index in [0.717, 1.165) is 17.0 Å². The summed E-state index contributed by atoms with van der Waals surface area (Å²) in [5.74, 6) is 0.616. The molecule has 2 nitrogen and oxygen atoms in total. The van der Waals surface area contributed by atoms with Gasteiger partial charge in [0.15, 0.2) is 0 Å². The number of halogens is 1. The van der Waals surface area contributed by atoms with Crippen molar-refractivity contribution in [1.82, 2.24) is 0 Å². The summed E-state index contributed by atoms with van der Waals surface area (Å²) in [4.78, 5) is 0. The summed E-state index contributed by atoms with van der Waals surface area (Å²) in [5.41, 5.74) is 2.06. The maximum absolute atomic E-state index is 12.8. The fourth-order valence-corrected chi connectivity index (χ4v) is 1.77. The van der Waals surface area contributed by atoms with Crippen molar-refractivity contribution < 1.29 is 9.13 Å². The van der Waals surface area contributed by atoms with E-state index in [-0.39, 0.29) is 11.9 Å². The number of hydrogen-bond acceptors (Lipinski definition) is 2. The highest BCUT2D eigenvalue weighted by Gasteiger charge is 2.05. The van der Waals surface area contributed by atoms with Crippen LogP contribution in [0.2, 0.25) is 0 Å². The lowest BCUT2D eigenvalue weighted by Gasteiger charge is -2.16. The zero-order valence-electron chi connectivity index (χ0n) is 10.5. The van der Waals surface area contributed by atoms with E-state index in [1.165, 1.54) is 12.1 Å². The van der Waals surface area contributed by atoms with Crippen molar-refractivity contribution >= 4 is 5.69 Å². The predicted molar refractivity (Wildman–Crippen MR) is 71.4 cm³/mol. The summed E-state index contributed by atoms with van der Waals surface area (Å²) < 4.78 is 17.9. The van der Waals surface area contributed by atoms with Gasteiger partial charge >= 0.3 is 0 Å². The lowest BCUT2D eigenvalue weighted by Crippen LogP contribution is -2.06. The molecule has 0 saturated heterocycles. The average molecular weight is 245 g/mol. The highest BCUT2D eigenvalue weighted by molar-refractivity contribution is 5.45. The molecular formula is C15H16FNO. The molecule has 2 rings (SSSR count). The highest BCUT2D eigenvalue weighted by Crippen LogP contribution is 2.21. The van der Waals surface area contributed by atoms with E-state index in [1.807, 2.05) is 24.3 Å². The smallest absolute Gasteiger partial charge is 0.123 e. The maximum Gasteiger partial charge on any atom is 0.123 e. The number of rotatable bonds is 4. The van der Waals surface area contributed by atoms with Gasteiger partial charge in [-0.3, -0.25) is 0 Å². The summed E-state index contributed by atoms with van der Waals surface area (Å²) in [6, 6.07) is 14.4. The molecule has 0 amide bonds. The van der Waals surface area contributed by atoms with E-state index in [9.17, 15) is 4.39 Å². The van der Waals surface area contributed by atoms with Gasteiger partial charge in [-0.25, -0.2) is 4.39 Å². The molecular weight excluding hydrogens is 229 g/mol. The molecule has 0 radical (unpaired) electrons. The van der Waals surface area contributed by atoms with Gasteiger partial charge in [0.2, 0.25) is 0 Å². The SMILES string of the molecule is COc1ccc(C(C)Nc2ccc(F)cc2)cc1. The summed E-state index contributed by atoms with van der Waals surface area (Å²) in [6.07, 6.45) is 0. The Labute approximate surface area is 106 Å². The molecule has 0 aliphatic heterocycles. The Bertz CT molecular complexity index is 493. The summed E-state index contributed by atoms with van der Waals surface area (Å²) >= 11 is 0. The quantitative estimate of drug-likeness (QED) is 0.878. The van der Waals surface area contributed by atoms with Crippen LogP contribution in [0.3, 0.4) is 0 Å². The van der Waals surface area contributed by atoms with Crippen LogP contribution in [-0.4, -0.2) is 7.11 Å². The van der Waals surface area contributed by atoms with Gasteiger partial charge in [0.1, 0.15) is 11.6 Å². The van der Waals surface area contributed by atoms with E-state index in [1.54, 1.807) is 19.2 Å². The first kappa shape index (κ1) is 12.4.